The Morgan fingerprint density at radius 1 is 1.02 bits per heavy atom. The molecule has 2 heterocycles. The Kier molecular flexibility index (Phi) is 13.3. The summed E-state index contributed by atoms with van der Waals surface area (Å²) in [6.45, 7) is 12.1. The maximum Gasteiger partial charge on any atom is 0.255 e. The van der Waals surface area contributed by atoms with Crippen LogP contribution in [0, 0.1) is 24.5 Å². The third kappa shape index (κ3) is 9.72. The van der Waals surface area contributed by atoms with E-state index in [-0.39, 0.29) is 17.2 Å². The van der Waals surface area contributed by atoms with Gasteiger partial charge in [-0.3, -0.25) is 9.59 Å². The molecule has 11 heteroatoms. The number of aromatic nitrogens is 2. The Morgan fingerprint density at radius 2 is 1.76 bits per heavy atom. The van der Waals surface area contributed by atoms with E-state index < -0.39 is 17.5 Å². The van der Waals surface area contributed by atoms with Gasteiger partial charge in [0, 0.05) is 35.0 Å². The minimum absolute atomic E-state index is 0.0647. The predicted molar refractivity (Wildman–Crippen MR) is 183 cm³/mol. The van der Waals surface area contributed by atoms with Gasteiger partial charge < -0.3 is 15.5 Å². The Morgan fingerprint density at radius 3 is 2.44 bits per heavy atom. The molecule has 2 unspecified atom stereocenters. The van der Waals surface area contributed by atoms with Crippen LogP contribution in [0.4, 0.5) is 19.6 Å². The molecular formula is C34H43F2N5O2S2. The molecule has 2 aromatic heterocycles. The smallest absolute Gasteiger partial charge is 0.255 e. The zero-order chi connectivity index (χ0) is 33.3. The van der Waals surface area contributed by atoms with E-state index >= 15 is 0 Å². The number of benzene rings is 2. The van der Waals surface area contributed by atoms with Crippen molar-refractivity contribution in [3.8, 4) is 21.1 Å². The molecule has 0 spiro atoms. The molecule has 0 fully saturated rings. The highest BCUT2D eigenvalue weighted by Crippen LogP contribution is 2.38. The van der Waals surface area contributed by atoms with E-state index in [2.05, 4.69) is 53.4 Å². The van der Waals surface area contributed by atoms with Gasteiger partial charge in [0.05, 0.1) is 22.0 Å². The molecule has 2 amide bonds. The molecule has 242 valence electrons. The lowest BCUT2D eigenvalue weighted by atomic mass is 9.97. The lowest BCUT2D eigenvalue weighted by Crippen LogP contribution is -2.26. The summed E-state index contributed by atoms with van der Waals surface area (Å²) in [4.78, 5) is 37.4. The van der Waals surface area contributed by atoms with Crippen molar-refractivity contribution in [1.29, 1.82) is 0 Å². The quantitative estimate of drug-likeness (QED) is 0.159. The van der Waals surface area contributed by atoms with Gasteiger partial charge in [0.1, 0.15) is 16.6 Å². The van der Waals surface area contributed by atoms with Gasteiger partial charge in [-0.15, -0.1) is 11.3 Å². The first-order valence-electron chi connectivity index (χ1n) is 15.2. The largest absolute Gasteiger partial charge is 0.319 e. The molecule has 0 aliphatic carbocycles. The van der Waals surface area contributed by atoms with Crippen LogP contribution in [0.2, 0.25) is 0 Å². The van der Waals surface area contributed by atoms with Crippen molar-refractivity contribution in [3.63, 3.8) is 0 Å². The van der Waals surface area contributed by atoms with Crippen LogP contribution in [0.5, 0.6) is 0 Å². The van der Waals surface area contributed by atoms with Gasteiger partial charge in [0.15, 0.2) is 5.13 Å². The second kappa shape index (κ2) is 16.7. The summed E-state index contributed by atoms with van der Waals surface area (Å²) in [6.07, 6.45) is 2.96. The average molecular weight is 656 g/mol. The summed E-state index contributed by atoms with van der Waals surface area (Å²) in [6, 6.07) is 9.52. The van der Waals surface area contributed by atoms with E-state index in [4.69, 9.17) is 0 Å². The van der Waals surface area contributed by atoms with Crippen molar-refractivity contribution < 1.29 is 18.4 Å². The van der Waals surface area contributed by atoms with E-state index in [9.17, 15) is 18.4 Å². The lowest BCUT2D eigenvalue weighted by Gasteiger charge is -2.23. The molecule has 2 N–H and O–H groups in total. The number of carbonyl (C=O) groups is 2. The predicted octanol–water partition coefficient (Wildman–Crippen LogP) is 9.06. The molecule has 0 saturated carbocycles. The number of nitrogens with zero attached hydrogens (tertiary/aromatic N) is 3. The fraction of sp³-hybridized carbons (Fsp3) is 0.412. The second-order valence-corrected chi connectivity index (χ2v) is 12.9. The highest BCUT2D eigenvalue weighted by molar-refractivity contribution is 7.23. The van der Waals surface area contributed by atoms with Gasteiger partial charge in [0.25, 0.3) is 5.91 Å². The zero-order valence-electron chi connectivity index (χ0n) is 27.3. The fourth-order valence-corrected chi connectivity index (χ4v) is 6.53. The summed E-state index contributed by atoms with van der Waals surface area (Å²) in [5, 5.41) is 8.21. The Labute approximate surface area is 273 Å². The van der Waals surface area contributed by atoms with Crippen LogP contribution in [-0.4, -0.2) is 46.8 Å². The Hall–Kier alpha value is -3.54. The number of amides is 2. The van der Waals surface area contributed by atoms with Crippen molar-refractivity contribution in [2.24, 2.45) is 5.92 Å². The number of hydrogen-bond acceptors (Lipinski definition) is 7. The molecule has 7 nitrogen and oxygen atoms in total. The van der Waals surface area contributed by atoms with Crippen LogP contribution in [0.15, 0.2) is 41.8 Å². The van der Waals surface area contributed by atoms with E-state index in [1.54, 1.807) is 23.6 Å². The van der Waals surface area contributed by atoms with E-state index in [0.29, 0.717) is 45.5 Å². The van der Waals surface area contributed by atoms with Gasteiger partial charge in [-0.2, -0.15) is 0 Å². The van der Waals surface area contributed by atoms with Crippen molar-refractivity contribution >= 4 is 45.3 Å². The first kappa shape index (κ1) is 35.9. The maximum absolute atomic E-state index is 14.9. The average Bonchev–Trinajstić information content (AvgIpc) is 3.64. The standard InChI is InChI=1S/C32H37F2N5O2S2.C2H6/c1-7-21-9-8-10-22(14-21)30(41)36-26-15-23(24(33)16-25(26)34)27-17-42-31(37-27)29-20(4)35-32(43-29)38-28(40)12-11-18(2)13-19(3)39(5)6;1-2/h8-10,14-19H,7,11-13H2,1-6H3,(H,36,41)(H,35,38,40);1-2H3. The molecule has 0 aliphatic rings. The minimum atomic E-state index is -0.878. The molecule has 2 aromatic carbocycles. The van der Waals surface area contributed by atoms with E-state index in [1.807, 2.05) is 33.8 Å². The van der Waals surface area contributed by atoms with Crippen LogP contribution in [0.1, 0.15) is 75.5 Å². The molecule has 4 rings (SSSR count). The second-order valence-electron chi connectivity index (χ2n) is 11.0. The monoisotopic (exact) mass is 655 g/mol. The number of carbonyl (C=O) groups excluding carboxylic acids is 2. The molecule has 45 heavy (non-hydrogen) atoms. The normalized spacial score (nSPS) is 12.3. The van der Waals surface area contributed by atoms with Crippen LogP contribution in [-0.2, 0) is 11.2 Å². The van der Waals surface area contributed by atoms with Crippen LogP contribution in [0.25, 0.3) is 21.1 Å². The third-order valence-electron chi connectivity index (χ3n) is 7.41. The van der Waals surface area contributed by atoms with Crippen LogP contribution < -0.4 is 10.6 Å². The van der Waals surface area contributed by atoms with Crippen LogP contribution >= 0.6 is 22.7 Å². The molecule has 4 aromatic rings. The summed E-state index contributed by atoms with van der Waals surface area (Å²) in [7, 11) is 4.11. The number of hydrogen-bond donors (Lipinski definition) is 2. The van der Waals surface area contributed by atoms with E-state index in [0.717, 1.165) is 35.8 Å². The lowest BCUT2D eigenvalue weighted by molar-refractivity contribution is -0.116. The first-order chi connectivity index (χ1) is 21.4. The van der Waals surface area contributed by atoms with Gasteiger partial charge >= 0.3 is 0 Å². The SMILES string of the molecule is CC.CCc1cccc(C(=O)Nc2cc(-c3csc(-c4sc(NC(=O)CCC(C)CC(C)N(C)C)nc4C)n3)c(F)cc2F)c1. The number of thiazole rings is 2. The first-order valence-corrected chi connectivity index (χ1v) is 16.9. The Balaban J connectivity index is 0.00000271. The Bertz CT molecular complexity index is 1600. The number of rotatable bonds is 12. The number of nitrogens with one attached hydrogen (secondary N) is 2. The van der Waals surface area contributed by atoms with Crippen molar-refractivity contribution in [2.45, 2.75) is 73.3 Å². The number of halogens is 2. The van der Waals surface area contributed by atoms with Crippen molar-refractivity contribution in [1.82, 2.24) is 14.9 Å². The number of anilines is 2. The maximum atomic E-state index is 14.9. The van der Waals surface area contributed by atoms with Crippen LogP contribution in [0.3, 0.4) is 0 Å². The highest BCUT2D eigenvalue weighted by Gasteiger charge is 2.20. The van der Waals surface area contributed by atoms with Gasteiger partial charge in [-0.1, -0.05) is 51.2 Å². The fourth-order valence-electron chi connectivity index (χ4n) is 4.59. The molecule has 0 radical (unpaired) electrons. The third-order valence-corrected chi connectivity index (χ3v) is 9.48. The molecule has 0 bridgehead atoms. The molecule has 0 aliphatic heterocycles. The zero-order valence-corrected chi connectivity index (χ0v) is 28.9. The summed E-state index contributed by atoms with van der Waals surface area (Å²) < 4.78 is 29.6. The van der Waals surface area contributed by atoms with Gasteiger partial charge in [-0.05, 0) is 76.9 Å². The highest BCUT2D eigenvalue weighted by atomic mass is 32.1. The molecule has 2 atom stereocenters. The van der Waals surface area contributed by atoms with Gasteiger partial charge in [-0.25, -0.2) is 18.7 Å². The summed E-state index contributed by atoms with van der Waals surface area (Å²) >= 11 is 2.60. The number of aryl methyl sites for hydroxylation is 2. The molecule has 0 saturated heterocycles. The van der Waals surface area contributed by atoms with Gasteiger partial charge in [0.2, 0.25) is 5.91 Å². The summed E-state index contributed by atoms with van der Waals surface area (Å²) in [5.41, 5.74) is 2.29. The van der Waals surface area contributed by atoms with E-state index in [1.165, 1.54) is 28.7 Å². The van der Waals surface area contributed by atoms with Crippen molar-refractivity contribution in [3.05, 3.63) is 70.2 Å². The topological polar surface area (TPSA) is 87.2 Å². The minimum Gasteiger partial charge on any atom is -0.319 e. The molecular weight excluding hydrogens is 613 g/mol. The summed E-state index contributed by atoms with van der Waals surface area (Å²) in [5.74, 6) is -1.83. The van der Waals surface area contributed by atoms with Crippen molar-refractivity contribution in [2.75, 3.05) is 24.7 Å².